The number of allylic oxidation sites excluding steroid dienone is 2. The van der Waals surface area contributed by atoms with Crippen LogP contribution in [0.15, 0.2) is 29.1 Å². The molecule has 0 saturated carbocycles. The maximum atomic E-state index is 12.0. The van der Waals surface area contributed by atoms with E-state index in [1.165, 1.54) is 0 Å². The molecule has 0 radical (unpaired) electrons. The molecule has 2 aliphatic heterocycles. The molecule has 3 heterocycles. The van der Waals surface area contributed by atoms with Crippen molar-refractivity contribution in [1.82, 2.24) is 14.8 Å². The van der Waals surface area contributed by atoms with E-state index in [1.807, 2.05) is 38.1 Å². The Labute approximate surface area is 247 Å². The number of carbonyl (C=O) groups is 1. The Balaban J connectivity index is 1.57. The van der Waals surface area contributed by atoms with Gasteiger partial charge in [-0.3, -0.25) is 14.7 Å². The number of pyridine rings is 1. The zero-order valence-electron chi connectivity index (χ0n) is 26.2. The maximum Gasteiger partial charge on any atom is 0.298 e. The number of hydrogen-bond acceptors (Lipinski definition) is 8. The third-order valence-corrected chi connectivity index (χ3v) is 7.77. The molecule has 9 heteroatoms. The fourth-order valence-corrected chi connectivity index (χ4v) is 5.61. The fraction of sp³-hybridized carbons (Fsp3) is 0.656. The quantitative estimate of drug-likeness (QED) is 0.201. The first-order chi connectivity index (χ1) is 19.8. The lowest BCUT2D eigenvalue weighted by molar-refractivity contribution is -0.132. The van der Waals surface area contributed by atoms with Crippen LogP contribution in [0.1, 0.15) is 72.5 Å². The van der Waals surface area contributed by atoms with Crippen molar-refractivity contribution in [2.45, 2.75) is 79.0 Å². The summed E-state index contributed by atoms with van der Waals surface area (Å²) in [5, 5.41) is 3.25. The minimum Gasteiger partial charge on any atom is -0.484 e. The SMILES string of the molecule is CC#CC(=O)N1CC(N(CCC)CCCC(C)N=C(C)/C(=C\C)OC(C)c2c(N3CCOCC3)ccnc2NC)C1. The fourth-order valence-electron chi connectivity index (χ4n) is 5.61. The van der Waals surface area contributed by atoms with Crippen molar-refractivity contribution >= 4 is 23.1 Å². The van der Waals surface area contributed by atoms with Crippen molar-refractivity contribution in [3.05, 3.63) is 29.7 Å². The van der Waals surface area contributed by atoms with Crippen molar-refractivity contribution in [2.75, 3.05) is 69.7 Å². The molecule has 1 aromatic rings. The first-order valence-corrected chi connectivity index (χ1v) is 15.2. The number of hydrogen-bond donors (Lipinski definition) is 1. The summed E-state index contributed by atoms with van der Waals surface area (Å²) in [5.41, 5.74) is 3.09. The monoisotopic (exact) mass is 566 g/mol. The zero-order valence-corrected chi connectivity index (χ0v) is 26.2. The number of nitrogens with zero attached hydrogens (tertiary/aromatic N) is 5. The van der Waals surface area contributed by atoms with Crippen LogP contribution in [-0.4, -0.2) is 98.0 Å². The molecule has 226 valence electrons. The molecule has 2 fully saturated rings. The largest absolute Gasteiger partial charge is 0.484 e. The Morgan fingerprint density at radius 2 is 2.05 bits per heavy atom. The van der Waals surface area contributed by atoms with E-state index in [2.05, 4.69) is 58.8 Å². The number of rotatable bonds is 14. The lowest BCUT2D eigenvalue weighted by Gasteiger charge is -2.44. The van der Waals surface area contributed by atoms with E-state index >= 15 is 0 Å². The average molecular weight is 567 g/mol. The van der Waals surface area contributed by atoms with Crippen LogP contribution in [0.4, 0.5) is 11.5 Å². The molecule has 41 heavy (non-hydrogen) atoms. The molecule has 0 aromatic carbocycles. The number of anilines is 2. The summed E-state index contributed by atoms with van der Waals surface area (Å²) < 4.78 is 12.1. The highest BCUT2D eigenvalue weighted by Crippen LogP contribution is 2.35. The minimum absolute atomic E-state index is 0.0574. The van der Waals surface area contributed by atoms with Crippen LogP contribution in [0.25, 0.3) is 0 Å². The highest BCUT2D eigenvalue weighted by molar-refractivity contribution is 5.96. The van der Waals surface area contributed by atoms with Gasteiger partial charge in [-0.05, 0) is 85.0 Å². The lowest BCUT2D eigenvalue weighted by Crippen LogP contribution is -2.61. The molecule has 1 amide bonds. The van der Waals surface area contributed by atoms with Crippen LogP contribution in [0.3, 0.4) is 0 Å². The Morgan fingerprint density at radius 3 is 2.68 bits per heavy atom. The standard InChI is InChI=1S/C32H50N6O3/c1-8-12-30(39)38-22-27(23-38)36(16-9-2)17-11-13-24(4)35-25(5)29(10-3)41-26(6)31-28(14-15-34-32(31)33-7)37-18-20-40-21-19-37/h10,14-15,24,26-27H,9,11,13,16-23H2,1-7H3,(H,33,34)/b29-10+,35-25?. The molecule has 0 aliphatic carbocycles. The number of amides is 1. The molecular weight excluding hydrogens is 516 g/mol. The van der Waals surface area contributed by atoms with Crippen LogP contribution in [-0.2, 0) is 14.3 Å². The van der Waals surface area contributed by atoms with Crippen molar-refractivity contribution < 1.29 is 14.3 Å². The molecule has 9 nitrogen and oxygen atoms in total. The van der Waals surface area contributed by atoms with Crippen LogP contribution in [0.5, 0.6) is 0 Å². The van der Waals surface area contributed by atoms with E-state index in [9.17, 15) is 4.79 Å². The van der Waals surface area contributed by atoms with Crippen LogP contribution < -0.4 is 10.2 Å². The second-order valence-electron chi connectivity index (χ2n) is 10.8. The Hall–Kier alpha value is -3.09. The van der Waals surface area contributed by atoms with Crippen molar-refractivity contribution in [1.29, 1.82) is 0 Å². The summed E-state index contributed by atoms with van der Waals surface area (Å²) in [5.74, 6) is 6.92. The predicted molar refractivity (Wildman–Crippen MR) is 168 cm³/mol. The van der Waals surface area contributed by atoms with Crippen molar-refractivity contribution in [2.24, 2.45) is 4.99 Å². The molecule has 0 spiro atoms. The molecule has 2 atom stereocenters. The summed E-state index contributed by atoms with van der Waals surface area (Å²) in [7, 11) is 1.90. The first-order valence-electron chi connectivity index (χ1n) is 15.2. The maximum absolute atomic E-state index is 12.0. The Kier molecular flexibility index (Phi) is 13.0. The van der Waals surface area contributed by atoms with Gasteiger partial charge in [0.05, 0.1) is 24.5 Å². The first kappa shape index (κ1) is 32.4. The molecule has 1 aromatic heterocycles. The molecule has 3 rings (SSSR count). The van der Waals surface area contributed by atoms with E-state index in [-0.39, 0.29) is 18.1 Å². The lowest BCUT2D eigenvalue weighted by atomic mass is 10.1. The number of aromatic nitrogens is 1. The summed E-state index contributed by atoms with van der Waals surface area (Å²) in [6, 6.07) is 2.68. The minimum atomic E-state index is -0.213. The number of likely N-dealkylation sites (tertiary alicyclic amines) is 1. The van der Waals surface area contributed by atoms with Gasteiger partial charge in [-0.2, -0.15) is 0 Å². The van der Waals surface area contributed by atoms with Gasteiger partial charge in [-0.1, -0.05) is 12.8 Å². The van der Waals surface area contributed by atoms with Crippen LogP contribution in [0, 0.1) is 11.8 Å². The highest BCUT2D eigenvalue weighted by Gasteiger charge is 2.33. The zero-order chi connectivity index (χ0) is 29.8. The summed E-state index contributed by atoms with van der Waals surface area (Å²) >= 11 is 0. The van der Waals surface area contributed by atoms with E-state index in [0.29, 0.717) is 6.04 Å². The summed E-state index contributed by atoms with van der Waals surface area (Å²) in [4.78, 5) is 28.3. The van der Waals surface area contributed by atoms with Crippen molar-refractivity contribution in [3.8, 4) is 11.8 Å². The number of nitrogens with one attached hydrogen (secondary N) is 1. The predicted octanol–water partition coefficient (Wildman–Crippen LogP) is 4.52. The summed E-state index contributed by atoms with van der Waals surface area (Å²) in [6.07, 6.45) is 6.79. The number of morpholine rings is 1. The number of carbonyl (C=O) groups excluding carboxylic acids is 1. The van der Waals surface area contributed by atoms with Crippen molar-refractivity contribution in [3.63, 3.8) is 0 Å². The Bertz CT molecular complexity index is 1110. The molecule has 0 bridgehead atoms. The van der Waals surface area contributed by atoms with Gasteiger partial charge < -0.3 is 24.6 Å². The van der Waals surface area contributed by atoms with Gasteiger partial charge in [0.25, 0.3) is 5.91 Å². The second-order valence-corrected chi connectivity index (χ2v) is 10.8. The van der Waals surface area contributed by atoms with Gasteiger partial charge in [-0.15, -0.1) is 0 Å². The Morgan fingerprint density at radius 1 is 1.32 bits per heavy atom. The normalized spacial score (nSPS) is 18.0. The molecule has 2 aliphatic rings. The number of aliphatic imine (C=N–C) groups is 1. The molecule has 2 saturated heterocycles. The third-order valence-electron chi connectivity index (χ3n) is 7.77. The van der Waals surface area contributed by atoms with Gasteiger partial charge in [-0.25, -0.2) is 4.98 Å². The smallest absolute Gasteiger partial charge is 0.298 e. The average Bonchev–Trinajstić information content (AvgIpc) is 2.95. The van der Waals surface area contributed by atoms with E-state index in [4.69, 9.17) is 14.5 Å². The van der Waals surface area contributed by atoms with Crippen LogP contribution in [0.2, 0.25) is 0 Å². The van der Waals surface area contributed by atoms with E-state index in [1.54, 1.807) is 6.92 Å². The molecular formula is C32H50N6O3. The van der Waals surface area contributed by atoms with Gasteiger partial charge in [0.1, 0.15) is 17.7 Å². The third kappa shape index (κ3) is 8.95. The van der Waals surface area contributed by atoms with Gasteiger partial charge in [0, 0.05) is 57.2 Å². The second kappa shape index (κ2) is 16.4. The van der Waals surface area contributed by atoms with E-state index < -0.39 is 0 Å². The van der Waals surface area contributed by atoms with Gasteiger partial charge in [0.15, 0.2) is 0 Å². The van der Waals surface area contributed by atoms with Crippen LogP contribution >= 0.6 is 0 Å². The van der Waals surface area contributed by atoms with Gasteiger partial charge in [0.2, 0.25) is 0 Å². The summed E-state index contributed by atoms with van der Waals surface area (Å²) in [6.45, 7) is 19.0. The topological polar surface area (TPSA) is 82.5 Å². The number of ether oxygens (including phenoxy) is 2. The highest BCUT2D eigenvalue weighted by atomic mass is 16.5. The molecule has 1 N–H and O–H groups in total. The van der Waals surface area contributed by atoms with E-state index in [0.717, 1.165) is 100 Å². The molecule has 2 unspecified atom stereocenters. The van der Waals surface area contributed by atoms with Gasteiger partial charge >= 0.3 is 0 Å².